The van der Waals surface area contributed by atoms with Crippen molar-refractivity contribution in [1.29, 1.82) is 0 Å². The summed E-state index contributed by atoms with van der Waals surface area (Å²) < 4.78 is 0. The molecular formula is C30H18. The first-order valence-electron chi connectivity index (χ1n) is 10.5. The topological polar surface area (TPSA) is 0 Å². The zero-order valence-corrected chi connectivity index (χ0v) is 16.4. The Morgan fingerprint density at radius 1 is 0.300 bits per heavy atom. The first-order valence-corrected chi connectivity index (χ1v) is 10.5. The van der Waals surface area contributed by atoms with E-state index < -0.39 is 0 Å². The highest BCUT2D eigenvalue weighted by Crippen LogP contribution is 2.51. The molecule has 0 fully saturated rings. The van der Waals surface area contributed by atoms with Crippen molar-refractivity contribution in [2.75, 3.05) is 0 Å². The highest BCUT2D eigenvalue weighted by molar-refractivity contribution is 6.21. The van der Waals surface area contributed by atoms with Crippen molar-refractivity contribution in [2.45, 2.75) is 0 Å². The van der Waals surface area contributed by atoms with Gasteiger partial charge in [-0.2, -0.15) is 0 Å². The van der Waals surface area contributed by atoms with E-state index >= 15 is 0 Å². The van der Waals surface area contributed by atoms with Gasteiger partial charge in [0, 0.05) is 0 Å². The molecule has 0 N–H and O–H groups in total. The Labute approximate surface area is 175 Å². The lowest BCUT2D eigenvalue weighted by atomic mass is 9.89. The highest BCUT2D eigenvalue weighted by Gasteiger charge is 2.24. The van der Waals surface area contributed by atoms with Crippen molar-refractivity contribution in [3.63, 3.8) is 0 Å². The van der Waals surface area contributed by atoms with Crippen LogP contribution < -0.4 is 0 Å². The first kappa shape index (κ1) is 16.0. The van der Waals surface area contributed by atoms with Crippen LogP contribution >= 0.6 is 0 Å². The molecule has 1 aliphatic carbocycles. The molecule has 138 valence electrons. The molecule has 0 bridgehead atoms. The highest BCUT2D eigenvalue weighted by atomic mass is 14.3. The van der Waals surface area contributed by atoms with Crippen molar-refractivity contribution in [1.82, 2.24) is 0 Å². The van der Waals surface area contributed by atoms with Crippen LogP contribution in [-0.4, -0.2) is 0 Å². The van der Waals surface area contributed by atoms with Crippen LogP contribution in [0.2, 0.25) is 0 Å². The fraction of sp³-hybridized carbons (Fsp3) is 0. The summed E-state index contributed by atoms with van der Waals surface area (Å²) in [5, 5.41) is 7.93. The lowest BCUT2D eigenvalue weighted by Gasteiger charge is -2.14. The number of hydrogen-bond donors (Lipinski definition) is 0. The van der Waals surface area contributed by atoms with E-state index in [1.807, 2.05) is 0 Å². The number of hydrogen-bond acceptors (Lipinski definition) is 0. The summed E-state index contributed by atoms with van der Waals surface area (Å²) in [6.07, 6.45) is 0. The van der Waals surface area contributed by atoms with Gasteiger partial charge in [-0.25, -0.2) is 0 Å². The van der Waals surface area contributed by atoms with Crippen molar-refractivity contribution in [3.05, 3.63) is 109 Å². The Kier molecular flexibility index (Phi) is 3.09. The van der Waals surface area contributed by atoms with Crippen LogP contribution in [0.5, 0.6) is 0 Å². The molecule has 0 unspecified atom stereocenters. The molecule has 0 aliphatic heterocycles. The Morgan fingerprint density at radius 2 is 0.967 bits per heavy atom. The standard InChI is InChI=1S/C30H18/c1-2-9-21-19(7-1)15-17-25-22(21)12-6-13-23(25)28-18-16-20-8-5-14-26-24-10-3-4-11-27(24)30(28)29(20)26/h1-18H. The van der Waals surface area contributed by atoms with Gasteiger partial charge >= 0.3 is 0 Å². The fourth-order valence-electron chi connectivity index (χ4n) is 5.32. The molecule has 6 aromatic rings. The number of rotatable bonds is 1. The molecular weight excluding hydrogens is 360 g/mol. The van der Waals surface area contributed by atoms with Gasteiger partial charge in [-0.15, -0.1) is 0 Å². The van der Waals surface area contributed by atoms with E-state index in [0.717, 1.165) is 0 Å². The first-order chi connectivity index (χ1) is 14.9. The molecule has 1 aliphatic rings. The van der Waals surface area contributed by atoms with Crippen molar-refractivity contribution in [3.8, 4) is 33.4 Å². The third kappa shape index (κ3) is 2.00. The summed E-state index contributed by atoms with van der Waals surface area (Å²) >= 11 is 0. The van der Waals surface area contributed by atoms with Gasteiger partial charge < -0.3 is 0 Å². The SMILES string of the molecule is c1ccc2c(c1)-c1cccc3ccc(-c4cccc5c4ccc4ccccc45)c-2c13. The smallest absolute Gasteiger partial charge is 0.00141 e. The average Bonchev–Trinajstić information content (AvgIpc) is 3.15. The summed E-state index contributed by atoms with van der Waals surface area (Å²) in [6.45, 7) is 0. The van der Waals surface area contributed by atoms with Crippen LogP contribution in [0.1, 0.15) is 0 Å². The minimum absolute atomic E-state index is 1.29. The van der Waals surface area contributed by atoms with Crippen LogP contribution in [0.4, 0.5) is 0 Å². The maximum atomic E-state index is 2.31. The molecule has 0 spiro atoms. The summed E-state index contributed by atoms with van der Waals surface area (Å²) in [5.41, 5.74) is 8.04. The lowest BCUT2D eigenvalue weighted by Crippen LogP contribution is -1.87. The molecule has 7 rings (SSSR count). The Bertz CT molecular complexity index is 1640. The van der Waals surface area contributed by atoms with Crippen molar-refractivity contribution >= 4 is 32.3 Å². The third-order valence-corrected chi connectivity index (χ3v) is 6.61. The number of fused-ring (bicyclic) bond motifs is 6. The van der Waals surface area contributed by atoms with E-state index in [4.69, 9.17) is 0 Å². The van der Waals surface area contributed by atoms with Crippen LogP contribution in [-0.2, 0) is 0 Å². The monoisotopic (exact) mass is 378 g/mol. The molecule has 6 aromatic carbocycles. The second kappa shape index (κ2) is 5.81. The second-order valence-electron chi connectivity index (χ2n) is 8.12. The minimum atomic E-state index is 1.29. The summed E-state index contributed by atoms with van der Waals surface area (Å²) in [4.78, 5) is 0. The molecule has 30 heavy (non-hydrogen) atoms. The van der Waals surface area contributed by atoms with Crippen LogP contribution in [0.15, 0.2) is 109 Å². The van der Waals surface area contributed by atoms with Gasteiger partial charge in [0.2, 0.25) is 0 Å². The lowest BCUT2D eigenvalue weighted by molar-refractivity contribution is 1.67. The summed E-state index contributed by atoms with van der Waals surface area (Å²) in [6, 6.07) is 40.0. The van der Waals surface area contributed by atoms with E-state index in [-0.39, 0.29) is 0 Å². The van der Waals surface area contributed by atoms with E-state index in [9.17, 15) is 0 Å². The van der Waals surface area contributed by atoms with E-state index in [1.165, 1.54) is 65.7 Å². The van der Waals surface area contributed by atoms with Gasteiger partial charge in [0.25, 0.3) is 0 Å². The molecule has 0 atom stereocenters. The van der Waals surface area contributed by atoms with Gasteiger partial charge in [-0.3, -0.25) is 0 Å². The van der Waals surface area contributed by atoms with Gasteiger partial charge in [0.05, 0.1) is 0 Å². The largest absolute Gasteiger partial charge is 0.0616 e. The minimum Gasteiger partial charge on any atom is -0.0616 e. The molecule has 0 aromatic heterocycles. The molecule has 0 saturated carbocycles. The summed E-state index contributed by atoms with van der Waals surface area (Å²) in [5.74, 6) is 0. The molecule has 0 amide bonds. The van der Waals surface area contributed by atoms with Crippen LogP contribution in [0.3, 0.4) is 0 Å². The number of benzene rings is 6. The maximum absolute atomic E-state index is 2.31. The van der Waals surface area contributed by atoms with Crippen LogP contribution in [0.25, 0.3) is 65.7 Å². The Balaban J connectivity index is 1.64. The van der Waals surface area contributed by atoms with E-state index in [0.29, 0.717) is 0 Å². The summed E-state index contributed by atoms with van der Waals surface area (Å²) in [7, 11) is 0. The van der Waals surface area contributed by atoms with Gasteiger partial charge in [-0.1, -0.05) is 109 Å². The molecule has 0 heteroatoms. The van der Waals surface area contributed by atoms with Crippen molar-refractivity contribution in [2.24, 2.45) is 0 Å². The van der Waals surface area contributed by atoms with Crippen LogP contribution in [0, 0.1) is 0 Å². The zero-order valence-electron chi connectivity index (χ0n) is 16.4. The van der Waals surface area contributed by atoms with Gasteiger partial charge in [0.1, 0.15) is 0 Å². The van der Waals surface area contributed by atoms with Crippen molar-refractivity contribution < 1.29 is 0 Å². The van der Waals surface area contributed by atoms with E-state index in [2.05, 4.69) is 109 Å². The Morgan fingerprint density at radius 3 is 1.93 bits per heavy atom. The zero-order chi connectivity index (χ0) is 19.7. The van der Waals surface area contributed by atoms with Gasteiger partial charge in [0.15, 0.2) is 0 Å². The fourth-order valence-corrected chi connectivity index (χ4v) is 5.32. The Hall–Kier alpha value is -3.90. The molecule has 0 heterocycles. The third-order valence-electron chi connectivity index (χ3n) is 6.61. The molecule has 0 nitrogen and oxygen atoms in total. The predicted molar refractivity (Wildman–Crippen MR) is 129 cm³/mol. The van der Waals surface area contributed by atoms with E-state index in [1.54, 1.807) is 0 Å². The second-order valence-corrected chi connectivity index (χ2v) is 8.12. The van der Waals surface area contributed by atoms with Gasteiger partial charge in [-0.05, 0) is 65.7 Å². The molecule has 0 radical (unpaired) electrons. The average molecular weight is 378 g/mol. The quantitative estimate of drug-likeness (QED) is 0.251. The predicted octanol–water partition coefficient (Wildman–Crippen LogP) is 8.46. The maximum Gasteiger partial charge on any atom is -0.00141 e. The molecule has 0 saturated heterocycles. The normalized spacial score (nSPS) is 12.0.